The SMILES string of the molecule is O=C1NC(c2ccccc2)(c2ccccc2)C(=O)N1CCOc1cccc(Cl)c1. The number of imide groups is 1. The number of halogens is 1. The lowest BCUT2D eigenvalue weighted by atomic mass is 9.82. The Hall–Kier alpha value is -3.31. The number of nitrogens with one attached hydrogen (secondary N) is 1. The molecule has 0 unspecified atom stereocenters. The second-order valence-corrected chi connectivity index (χ2v) is 7.11. The molecule has 1 aliphatic heterocycles. The van der Waals surface area contributed by atoms with Gasteiger partial charge in [0, 0.05) is 5.02 Å². The monoisotopic (exact) mass is 406 g/mol. The summed E-state index contributed by atoms with van der Waals surface area (Å²) in [4.78, 5) is 27.5. The molecule has 0 aliphatic carbocycles. The number of hydrogen-bond acceptors (Lipinski definition) is 3. The zero-order valence-corrected chi connectivity index (χ0v) is 16.3. The van der Waals surface area contributed by atoms with E-state index in [4.69, 9.17) is 16.3 Å². The summed E-state index contributed by atoms with van der Waals surface area (Å²) in [5.41, 5.74) is 0.168. The summed E-state index contributed by atoms with van der Waals surface area (Å²) >= 11 is 5.96. The third-order valence-electron chi connectivity index (χ3n) is 4.90. The summed E-state index contributed by atoms with van der Waals surface area (Å²) in [6.45, 7) is 0.289. The van der Waals surface area contributed by atoms with Gasteiger partial charge < -0.3 is 10.1 Å². The van der Waals surface area contributed by atoms with Crippen molar-refractivity contribution in [3.8, 4) is 5.75 Å². The molecule has 146 valence electrons. The maximum Gasteiger partial charge on any atom is 0.325 e. The van der Waals surface area contributed by atoms with Gasteiger partial charge in [-0.2, -0.15) is 0 Å². The van der Waals surface area contributed by atoms with Crippen LogP contribution in [0.2, 0.25) is 5.02 Å². The topological polar surface area (TPSA) is 58.6 Å². The molecule has 3 aromatic rings. The zero-order valence-electron chi connectivity index (χ0n) is 15.5. The number of amides is 3. The van der Waals surface area contributed by atoms with Crippen molar-refractivity contribution >= 4 is 23.5 Å². The van der Waals surface area contributed by atoms with Crippen LogP contribution in [0.25, 0.3) is 0 Å². The number of carbonyl (C=O) groups is 2. The highest BCUT2D eigenvalue weighted by Crippen LogP contribution is 2.35. The second kappa shape index (κ2) is 7.97. The molecule has 1 aliphatic rings. The molecule has 6 heteroatoms. The fourth-order valence-corrected chi connectivity index (χ4v) is 3.71. The minimum Gasteiger partial charge on any atom is -0.492 e. The van der Waals surface area contributed by atoms with Gasteiger partial charge in [0.25, 0.3) is 5.91 Å². The van der Waals surface area contributed by atoms with Gasteiger partial charge in [-0.05, 0) is 29.3 Å². The molecule has 0 bridgehead atoms. The fourth-order valence-electron chi connectivity index (χ4n) is 3.52. The molecule has 1 saturated heterocycles. The molecular formula is C23H19ClN2O3. The molecule has 0 atom stereocenters. The van der Waals surface area contributed by atoms with Crippen molar-refractivity contribution in [1.82, 2.24) is 10.2 Å². The summed E-state index contributed by atoms with van der Waals surface area (Å²) in [6.07, 6.45) is 0. The highest BCUT2D eigenvalue weighted by Gasteiger charge is 2.53. The maximum absolute atomic E-state index is 13.5. The Bertz CT molecular complexity index is 985. The Morgan fingerprint density at radius 1 is 0.862 bits per heavy atom. The number of benzene rings is 3. The van der Waals surface area contributed by atoms with Gasteiger partial charge in [-0.25, -0.2) is 4.79 Å². The highest BCUT2D eigenvalue weighted by atomic mass is 35.5. The average Bonchev–Trinajstić information content (AvgIpc) is 3.01. The molecule has 3 aromatic carbocycles. The van der Waals surface area contributed by atoms with Crippen LogP contribution in [0.15, 0.2) is 84.9 Å². The van der Waals surface area contributed by atoms with Crippen molar-refractivity contribution in [2.45, 2.75) is 5.54 Å². The van der Waals surface area contributed by atoms with E-state index in [1.165, 1.54) is 4.90 Å². The van der Waals surface area contributed by atoms with E-state index in [0.717, 1.165) is 0 Å². The van der Waals surface area contributed by atoms with Crippen LogP contribution in [0, 0.1) is 0 Å². The first-order valence-corrected chi connectivity index (χ1v) is 9.62. The summed E-state index contributed by atoms with van der Waals surface area (Å²) < 4.78 is 5.67. The lowest BCUT2D eigenvalue weighted by Crippen LogP contribution is -2.45. The number of carbonyl (C=O) groups excluding carboxylic acids is 2. The summed E-state index contributed by atoms with van der Waals surface area (Å²) in [6, 6.07) is 25.1. The van der Waals surface area contributed by atoms with E-state index in [0.29, 0.717) is 21.9 Å². The van der Waals surface area contributed by atoms with Crippen LogP contribution in [0.4, 0.5) is 4.79 Å². The second-order valence-electron chi connectivity index (χ2n) is 6.67. The number of urea groups is 1. The first kappa shape index (κ1) is 19.0. The van der Waals surface area contributed by atoms with E-state index < -0.39 is 11.6 Å². The predicted octanol–water partition coefficient (Wildman–Crippen LogP) is 4.21. The molecule has 5 nitrogen and oxygen atoms in total. The van der Waals surface area contributed by atoms with E-state index in [9.17, 15) is 9.59 Å². The van der Waals surface area contributed by atoms with Crippen LogP contribution in [-0.4, -0.2) is 30.0 Å². The smallest absolute Gasteiger partial charge is 0.325 e. The summed E-state index contributed by atoms with van der Waals surface area (Å²) in [5.74, 6) is 0.261. The fraction of sp³-hybridized carbons (Fsp3) is 0.130. The van der Waals surface area contributed by atoms with E-state index in [2.05, 4.69) is 5.32 Å². The largest absolute Gasteiger partial charge is 0.492 e. The van der Waals surface area contributed by atoms with Crippen molar-refractivity contribution in [1.29, 1.82) is 0 Å². The Morgan fingerprint density at radius 2 is 1.48 bits per heavy atom. The molecular weight excluding hydrogens is 388 g/mol. The van der Waals surface area contributed by atoms with Gasteiger partial charge >= 0.3 is 6.03 Å². The summed E-state index contributed by atoms with van der Waals surface area (Å²) in [7, 11) is 0. The van der Waals surface area contributed by atoms with Crippen molar-refractivity contribution < 1.29 is 14.3 Å². The van der Waals surface area contributed by atoms with Gasteiger partial charge in [0.1, 0.15) is 12.4 Å². The zero-order chi connectivity index (χ0) is 20.3. The normalized spacial score (nSPS) is 15.3. The summed E-state index contributed by atoms with van der Waals surface area (Å²) in [5, 5.41) is 3.48. The minimum atomic E-state index is -1.25. The standard InChI is InChI=1S/C23H19ClN2O3/c24-19-12-7-13-20(16-19)29-15-14-26-21(27)23(25-22(26)28,17-8-3-1-4-9-17)18-10-5-2-6-11-18/h1-13,16H,14-15H2,(H,25,28). The molecule has 0 saturated carbocycles. The van der Waals surface area contributed by atoms with Crippen LogP contribution in [0.3, 0.4) is 0 Å². The predicted molar refractivity (Wildman–Crippen MR) is 111 cm³/mol. The van der Waals surface area contributed by atoms with Gasteiger partial charge in [0.05, 0.1) is 6.54 Å². The van der Waals surface area contributed by atoms with Crippen molar-refractivity contribution in [3.05, 3.63) is 101 Å². The molecule has 0 aromatic heterocycles. The van der Waals surface area contributed by atoms with Gasteiger partial charge in [-0.15, -0.1) is 0 Å². The molecule has 29 heavy (non-hydrogen) atoms. The average molecular weight is 407 g/mol. The number of nitrogens with zero attached hydrogens (tertiary/aromatic N) is 1. The Labute approximate surface area is 173 Å². The number of ether oxygens (including phenoxy) is 1. The van der Waals surface area contributed by atoms with Crippen LogP contribution >= 0.6 is 11.6 Å². The van der Waals surface area contributed by atoms with Gasteiger partial charge in [0.15, 0.2) is 5.54 Å². The Balaban J connectivity index is 1.60. The van der Waals surface area contributed by atoms with Crippen molar-refractivity contribution in [2.75, 3.05) is 13.2 Å². The van der Waals surface area contributed by atoms with Gasteiger partial charge in [0.2, 0.25) is 0 Å². The van der Waals surface area contributed by atoms with E-state index in [1.807, 2.05) is 60.7 Å². The van der Waals surface area contributed by atoms with Crippen LogP contribution in [0.5, 0.6) is 5.75 Å². The first-order chi connectivity index (χ1) is 14.1. The third-order valence-corrected chi connectivity index (χ3v) is 5.13. The maximum atomic E-state index is 13.5. The van der Waals surface area contributed by atoms with Gasteiger partial charge in [-0.3, -0.25) is 9.69 Å². The van der Waals surface area contributed by atoms with E-state index >= 15 is 0 Å². The number of rotatable bonds is 6. The molecule has 4 rings (SSSR count). The lowest BCUT2D eigenvalue weighted by Gasteiger charge is -2.28. The molecule has 1 fully saturated rings. The van der Waals surface area contributed by atoms with Crippen LogP contribution < -0.4 is 10.1 Å². The molecule has 3 amide bonds. The quantitative estimate of drug-likeness (QED) is 0.624. The minimum absolute atomic E-state index is 0.124. The van der Waals surface area contributed by atoms with Crippen LogP contribution in [0.1, 0.15) is 11.1 Å². The van der Waals surface area contributed by atoms with E-state index in [-0.39, 0.29) is 19.1 Å². The molecule has 1 N–H and O–H groups in total. The van der Waals surface area contributed by atoms with Crippen molar-refractivity contribution in [3.63, 3.8) is 0 Å². The third kappa shape index (κ3) is 3.57. The Morgan fingerprint density at radius 3 is 2.07 bits per heavy atom. The highest BCUT2D eigenvalue weighted by molar-refractivity contribution is 6.30. The molecule has 0 radical (unpaired) electrons. The Kier molecular flexibility index (Phi) is 5.23. The van der Waals surface area contributed by atoms with Crippen LogP contribution in [-0.2, 0) is 10.3 Å². The van der Waals surface area contributed by atoms with Gasteiger partial charge in [-0.1, -0.05) is 78.3 Å². The van der Waals surface area contributed by atoms with Crippen molar-refractivity contribution in [2.24, 2.45) is 0 Å². The molecule has 1 heterocycles. The number of hydrogen-bond donors (Lipinski definition) is 1. The lowest BCUT2D eigenvalue weighted by molar-refractivity contribution is -0.130. The molecule has 0 spiro atoms. The van der Waals surface area contributed by atoms with E-state index in [1.54, 1.807) is 24.3 Å². The first-order valence-electron chi connectivity index (χ1n) is 9.25.